The van der Waals surface area contributed by atoms with E-state index in [9.17, 15) is 4.79 Å². The summed E-state index contributed by atoms with van der Waals surface area (Å²) in [6, 6.07) is 13.5. The van der Waals surface area contributed by atoms with Gasteiger partial charge in [-0.25, -0.2) is 19.4 Å². The van der Waals surface area contributed by atoms with Gasteiger partial charge in [0.15, 0.2) is 5.65 Å². The zero-order valence-corrected chi connectivity index (χ0v) is 21.8. The first kappa shape index (κ1) is 24.1. The van der Waals surface area contributed by atoms with Gasteiger partial charge in [0, 0.05) is 13.1 Å². The number of carbonyl (C=O) groups is 1. The zero-order valence-electron chi connectivity index (χ0n) is 21.8. The second-order valence-electron chi connectivity index (χ2n) is 11.3. The summed E-state index contributed by atoms with van der Waals surface area (Å²) >= 11 is 0. The van der Waals surface area contributed by atoms with Crippen molar-refractivity contribution in [3.05, 3.63) is 55.0 Å². The molecule has 196 valence electrons. The Morgan fingerprint density at radius 1 is 1.05 bits per heavy atom. The van der Waals surface area contributed by atoms with Gasteiger partial charge in [0.25, 0.3) is 0 Å². The third kappa shape index (κ3) is 4.51. The van der Waals surface area contributed by atoms with E-state index in [1.165, 1.54) is 6.33 Å². The first-order valence-electron chi connectivity index (χ1n) is 12.9. The molecule has 1 aromatic carbocycles. The number of carbonyl (C=O) groups excluding carboxylic acids is 1. The van der Waals surface area contributed by atoms with Gasteiger partial charge in [0.1, 0.15) is 34.9 Å². The number of nitrogen functional groups attached to an aromatic ring is 1. The Hall–Kier alpha value is -4.21. The fourth-order valence-electron chi connectivity index (χ4n) is 5.50. The fourth-order valence-corrected chi connectivity index (χ4v) is 5.50. The summed E-state index contributed by atoms with van der Waals surface area (Å²) in [5.74, 6) is 1.74. The molecule has 4 heterocycles. The third-order valence-electron chi connectivity index (χ3n) is 7.25. The summed E-state index contributed by atoms with van der Waals surface area (Å²) in [6.45, 7) is 7.09. The molecule has 4 aromatic rings. The molecule has 2 N–H and O–H groups in total. The van der Waals surface area contributed by atoms with Gasteiger partial charge in [-0.05, 0) is 69.7 Å². The minimum absolute atomic E-state index is 0.0766. The van der Waals surface area contributed by atoms with Gasteiger partial charge >= 0.3 is 6.09 Å². The van der Waals surface area contributed by atoms with Crippen LogP contribution >= 0.6 is 0 Å². The summed E-state index contributed by atoms with van der Waals surface area (Å²) in [6.07, 6.45) is 5.67. The lowest BCUT2D eigenvalue weighted by Gasteiger charge is -2.45. The summed E-state index contributed by atoms with van der Waals surface area (Å²) in [5.41, 5.74) is 7.89. The number of rotatable bonds is 4. The van der Waals surface area contributed by atoms with Gasteiger partial charge in [-0.3, -0.25) is 4.98 Å². The molecule has 0 atom stereocenters. The Morgan fingerprint density at radius 3 is 2.55 bits per heavy atom. The molecular formula is C28H31N7O3. The average Bonchev–Trinajstić information content (AvgIpc) is 3.47. The Balaban J connectivity index is 1.22. The number of fused-ring (bicyclic) bond motifs is 1. The average molecular weight is 514 g/mol. The van der Waals surface area contributed by atoms with Crippen molar-refractivity contribution in [2.24, 2.45) is 5.41 Å². The van der Waals surface area contributed by atoms with Crippen LogP contribution in [0.1, 0.15) is 46.1 Å². The number of benzene rings is 1. The van der Waals surface area contributed by atoms with Crippen LogP contribution < -0.4 is 10.5 Å². The molecule has 10 heteroatoms. The molecule has 2 aliphatic rings. The SMILES string of the molecule is CC(C)(C)OC(=O)N1CC[C@]2(C1)C[C@@H](n1nc(-c3ccc(Oc4ccccc4)cn3)c3c(N)ncnc31)C2. The van der Waals surface area contributed by atoms with E-state index in [0.29, 0.717) is 47.1 Å². The second kappa shape index (κ2) is 8.97. The number of hydrogen-bond donors (Lipinski definition) is 1. The number of anilines is 1. The molecule has 3 aromatic heterocycles. The number of para-hydroxylation sites is 1. The van der Waals surface area contributed by atoms with Crippen LogP contribution in [0.2, 0.25) is 0 Å². The van der Waals surface area contributed by atoms with Crippen LogP contribution in [0, 0.1) is 5.41 Å². The quantitative estimate of drug-likeness (QED) is 0.394. The molecule has 1 saturated carbocycles. The van der Waals surface area contributed by atoms with Gasteiger partial charge in [-0.15, -0.1) is 0 Å². The first-order valence-corrected chi connectivity index (χ1v) is 12.9. The van der Waals surface area contributed by atoms with Crippen LogP contribution in [0.4, 0.5) is 10.6 Å². The van der Waals surface area contributed by atoms with E-state index in [4.69, 9.17) is 20.3 Å². The van der Waals surface area contributed by atoms with Crippen molar-refractivity contribution in [3.8, 4) is 22.9 Å². The number of pyridine rings is 1. The fraction of sp³-hybridized carbons (Fsp3) is 0.393. The largest absolute Gasteiger partial charge is 0.456 e. The van der Waals surface area contributed by atoms with Gasteiger partial charge in [0.2, 0.25) is 0 Å². The molecule has 38 heavy (non-hydrogen) atoms. The lowest BCUT2D eigenvalue weighted by Crippen LogP contribution is -2.43. The number of hydrogen-bond acceptors (Lipinski definition) is 8. The van der Waals surface area contributed by atoms with E-state index >= 15 is 0 Å². The molecule has 6 rings (SSSR count). The number of likely N-dealkylation sites (tertiary alicyclic amines) is 1. The molecule has 1 aliphatic heterocycles. The van der Waals surface area contributed by atoms with E-state index in [1.807, 2.05) is 72.8 Å². The van der Waals surface area contributed by atoms with Crippen LogP contribution in [-0.2, 0) is 4.74 Å². The Bertz CT molecular complexity index is 1470. The molecule has 0 radical (unpaired) electrons. The zero-order chi connectivity index (χ0) is 26.5. The van der Waals surface area contributed by atoms with Gasteiger partial charge in [0.05, 0.1) is 23.3 Å². The van der Waals surface area contributed by atoms with Crippen LogP contribution in [0.3, 0.4) is 0 Å². The molecule has 0 bridgehead atoms. The van der Waals surface area contributed by atoms with Crippen LogP contribution in [-0.4, -0.2) is 54.4 Å². The third-order valence-corrected chi connectivity index (χ3v) is 7.25. The van der Waals surface area contributed by atoms with Crippen LogP contribution in [0.15, 0.2) is 55.0 Å². The smallest absolute Gasteiger partial charge is 0.410 e. The molecule has 2 fully saturated rings. The summed E-state index contributed by atoms with van der Waals surface area (Å²) in [7, 11) is 0. The van der Waals surface area contributed by atoms with Crippen molar-refractivity contribution in [1.29, 1.82) is 0 Å². The summed E-state index contributed by atoms with van der Waals surface area (Å²) in [5, 5.41) is 5.63. The molecular weight excluding hydrogens is 482 g/mol. The van der Waals surface area contributed by atoms with Crippen LogP contribution in [0.25, 0.3) is 22.4 Å². The second-order valence-corrected chi connectivity index (χ2v) is 11.3. The Kier molecular flexibility index (Phi) is 5.70. The van der Waals surface area contributed by atoms with Gasteiger partial charge in [-0.1, -0.05) is 18.2 Å². The maximum absolute atomic E-state index is 12.6. The summed E-state index contributed by atoms with van der Waals surface area (Å²) in [4.78, 5) is 27.8. The van der Waals surface area contributed by atoms with Crippen molar-refractivity contribution in [2.45, 2.75) is 51.7 Å². The number of amides is 1. The van der Waals surface area contributed by atoms with E-state index in [2.05, 4.69) is 15.0 Å². The highest BCUT2D eigenvalue weighted by Crippen LogP contribution is 2.54. The number of nitrogens with zero attached hydrogens (tertiary/aromatic N) is 6. The number of nitrogens with two attached hydrogens (primary N) is 1. The Labute approximate surface area is 220 Å². The predicted octanol–water partition coefficient (Wildman–Crippen LogP) is 5.22. The lowest BCUT2D eigenvalue weighted by molar-refractivity contribution is 0.0189. The molecule has 1 amide bonds. The Morgan fingerprint density at radius 2 is 1.84 bits per heavy atom. The molecule has 1 aliphatic carbocycles. The van der Waals surface area contributed by atoms with E-state index in [1.54, 1.807) is 6.20 Å². The van der Waals surface area contributed by atoms with Crippen LogP contribution in [0.5, 0.6) is 11.5 Å². The van der Waals surface area contributed by atoms with Crippen molar-refractivity contribution < 1.29 is 14.3 Å². The van der Waals surface area contributed by atoms with Gasteiger partial charge < -0.3 is 20.1 Å². The minimum atomic E-state index is -0.501. The predicted molar refractivity (Wildman–Crippen MR) is 143 cm³/mol. The van der Waals surface area contributed by atoms with E-state index < -0.39 is 5.60 Å². The van der Waals surface area contributed by atoms with Crippen molar-refractivity contribution in [2.75, 3.05) is 18.8 Å². The maximum Gasteiger partial charge on any atom is 0.410 e. The van der Waals surface area contributed by atoms with Gasteiger partial charge in [-0.2, -0.15) is 5.10 Å². The first-order chi connectivity index (χ1) is 18.2. The standard InChI is InChI=1S/C28H31N7O3/c1-27(2,3)38-26(36)34-12-11-28(16-34)13-18(14-28)35-25-22(24(29)31-17-32-25)23(33-35)21-10-9-20(15-30-21)37-19-7-5-4-6-8-19/h4-10,15,17-18H,11-14,16H2,1-3H3,(H2,29,31,32)/t18-,28+. The highest BCUT2D eigenvalue weighted by molar-refractivity contribution is 5.97. The number of aromatic nitrogens is 5. The van der Waals surface area contributed by atoms with Crippen molar-refractivity contribution >= 4 is 22.9 Å². The topological polar surface area (TPSA) is 121 Å². The minimum Gasteiger partial charge on any atom is -0.456 e. The number of ether oxygens (including phenoxy) is 2. The molecule has 1 spiro atoms. The molecule has 0 unspecified atom stereocenters. The lowest BCUT2D eigenvalue weighted by atomic mass is 9.65. The molecule has 10 nitrogen and oxygen atoms in total. The highest BCUT2D eigenvalue weighted by Gasteiger charge is 2.51. The van der Waals surface area contributed by atoms with Crippen molar-refractivity contribution in [1.82, 2.24) is 29.6 Å². The summed E-state index contributed by atoms with van der Waals surface area (Å²) < 4.78 is 13.4. The normalized spacial score (nSPS) is 21.0. The van der Waals surface area contributed by atoms with Crippen molar-refractivity contribution in [3.63, 3.8) is 0 Å². The molecule has 1 saturated heterocycles. The highest BCUT2D eigenvalue weighted by atomic mass is 16.6. The maximum atomic E-state index is 12.6. The van der Waals surface area contributed by atoms with E-state index in [0.717, 1.165) is 25.0 Å². The monoisotopic (exact) mass is 513 g/mol. The van der Waals surface area contributed by atoms with E-state index in [-0.39, 0.29) is 17.6 Å².